The predicted octanol–water partition coefficient (Wildman–Crippen LogP) is 10.2. The van der Waals surface area contributed by atoms with Crippen LogP contribution < -0.4 is 0 Å². The second-order valence-electron chi connectivity index (χ2n) is 15.8. The molecular formula is C49H84O10. The summed E-state index contributed by atoms with van der Waals surface area (Å²) < 4.78 is 22.1. The molecule has 0 aromatic rings. The summed E-state index contributed by atoms with van der Waals surface area (Å²) >= 11 is 0. The lowest BCUT2D eigenvalue weighted by Crippen LogP contribution is -2.59. The zero-order valence-corrected chi connectivity index (χ0v) is 37.0. The van der Waals surface area contributed by atoms with E-state index in [1.165, 1.54) is 89.9 Å². The van der Waals surface area contributed by atoms with E-state index in [1.807, 2.05) is 6.08 Å². The van der Waals surface area contributed by atoms with E-state index in [2.05, 4.69) is 68.5 Å². The minimum Gasteiger partial charge on any atom is -0.462 e. The van der Waals surface area contributed by atoms with Crippen LogP contribution >= 0.6 is 0 Å². The molecule has 6 atom stereocenters. The Labute approximate surface area is 358 Å². The second kappa shape index (κ2) is 39.5. The number of hydrogen-bond acceptors (Lipinski definition) is 10. The molecule has 0 aromatic carbocycles. The lowest BCUT2D eigenvalue weighted by atomic mass is 9.99. The van der Waals surface area contributed by atoms with Crippen LogP contribution in [0.3, 0.4) is 0 Å². The molecule has 10 heteroatoms. The summed E-state index contributed by atoms with van der Waals surface area (Å²) in [7, 11) is 0. The molecule has 1 rings (SSSR count). The number of aliphatic hydroxyl groups excluding tert-OH is 4. The van der Waals surface area contributed by atoms with Crippen molar-refractivity contribution in [2.75, 3.05) is 19.8 Å². The average molecular weight is 833 g/mol. The van der Waals surface area contributed by atoms with E-state index >= 15 is 0 Å². The van der Waals surface area contributed by atoms with Crippen molar-refractivity contribution in [3.8, 4) is 0 Å². The fourth-order valence-electron chi connectivity index (χ4n) is 6.65. The van der Waals surface area contributed by atoms with E-state index in [1.54, 1.807) is 0 Å². The Morgan fingerprint density at radius 2 is 0.966 bits per heavy atom. The molecule has 1 aliphatic rings. The van der Waals surface area contributed by atoms with Gasteiger partial charge in [-0.15, -0.1) is 0 Å². The van der Waals surface area contributed by atoms with Crippen LogP contribution in [0.2, 0.25) is 0 Å². The van der Waals surface area contributed by atoms with Crippen LogP contribution in [0.4, 0.5) is 0 Å². The molecule has 59 heavy (non-hydrogen) atoms. The van der Waals surface area contributed by atoms with Crippen molar-refractivity contribution in [2.24, 2.45) is 0 Å². The molecule has 0 amide bonds. The van der Waals surface area contributed by atoms with Gasteiger partial charge < -0.3 is 39.4 Å². The molecule has 0 aromatic heterocycles. The maximum atomic E-state index is 12.8. The van der Waals surface area contributed by atoms with Crippen LogP contribution in [-0.4, -0.2) is 89.0 Å². The zero-order valence-electron chi connectivity index (χ0n) is 37.0. The number of esters is 2. The molecule has 1 saturated heterocycles. The number of ether oxygens (including phenoxy) is 4. The summed E-state index contributed by atoms with van der Waals surface area (Å²) in [5.41, 5.74) is 0. The Bertz CT molecular complexity index is 1150. The van der Waals surface area contributed by atoms with Gasteiger partial charge in [-0.3, -0.25) is 9.59 Å². The highest BCUT2D eigenvalue weighted by molar-refractivity contribution is 5.70. The van der Waals surface area contributed by atoms with Gasteiger partial charge in [0.1, 0.15) is 31.0 Å². The molecule has 2 unspecified atom stereocenters. The summed E-state index contributed by atoms with van der Waals surface area (Å²) in [5.74, 6) is -0.894. The van der Waals surface area contributed by atoms with E-state index < -0.39 is 55.4 Å². The second-order valence-corrected chi connectivity index (χ2v) is 15.8. The third kappa shape index (κ3) is 31.0. The van der Waals surface area contributed by atoms with Crippen molar-refractivity contribution in [3.05, 3.63) is 60.8 Å². The molecule has 0 saturated carbocycles. The van der Waals surface area contributed by atoms with Crippen molar-refractivity contribution in [1.82, 2.24) is 0 Å². The molecule has 0 aliphatic carbocycles. The molecule has 1 fully saturated rings. The van der Waals surface area contributed by atoms with Crippen LogP contribution in [-0.2, 0) is 28.5 Å². The monoisotopic (exact) mass is 833 g/mol. The number of allylic oxidation sites excluding steroid dienone is 10. The molecule has 340 valence electrons. The number of carbonyl (C=O) groups excluding carboxylic acids is 2. The van der Waals surface area contributed by atoms with E-state index in [9.17, 15) is 30.0 Å². The lowest BCUT2D eigenvalue weighted by Gasteiger charge is -2.39. The number of rotatable bonds is 38. The molecule has 1 aliphatic heterocycles. The van der Waals surface area contributed by atoms with E-state index in [0.717, 1.165) is 44.9 Å². The first-order valence-corrected chi connectivity index (χ1v) is 23.4. The molecule has 10 nitrogen and oxygen atoms in total. The maximum absolute atomic E-state index is 12.8. The first-order valence-electron chi connectivity index (χ1n) is 23.4. The third-order valence-electron chi connectivity index (χ3n) is 10.4. The summed E-state index contributed by atoms with van der Waals surface area (Å²) in [6.07, 6.45) is 40.9. The van der Waals surface area contributed by atoms with Gasteiger partial charge in [0.15, 0.2) is 12.4 Å². The fourth-order valence-corrected chi connectivity index (χ4v) is 6.65. The van der Waals surface area contributed by atoms with Crippen LogP contribution in [0.1, 0.15) is 181 Å². The normalized spacial score (nSPS) is 20.5. The van der Waals surface area contributed by atoms with Gasteiger partial charge >= 0.3 is 11.9 Å². The molecule has 4 N–H and O–H groups in total. The molecule has 1 heterocycles. The largest absolute Gasteiger partial charge is 0.462 e. The van der Waals surface area contributed by atoms with Crippen molar-refractivity contribution in [1.29, 1.82) is 0 Å². The summed E-state index contributed by atoms with van der Waals surface area (Å²) in [4.78, 5) is 25.3. The summed E-state index contributed by atoms with van der Waals surface area (Å²) in [6, 6.07) is 0. The SMILES string of the molecule is CCCCCCCC/C=C/CCCCCC(=O)OC[C@H](CO[C@@H]1O[C@H](CO)[C@H](O)C(O)C1O)OC(=O)CCC/C=C/C/C=C/C/C=C/C/C=C/CCCCCCCCC. The number of carbonyl (C=O) groups is 2. The minimum atomic E-state index is -1.61. The highest BCUT2D eigenvalue weighted by Gasteiger charge is 2.44. The van der Waals surface area contributed by atoms with E-state index in [4.69, 9.17) is 18.9 Å². The first-order chi connectivity index (χ1) is 28.8. The Kier molecular flexibility index (Phi) is 36.5. The standard InChI is InChI=1S/C49H84O10/c1-3-5-7-9-11-13-15-17-18-19-20-21-22-23-24-26-28-30-32-34-36-38-45(52)58-42(41-57-49-48(55)47(54)46(53)43(39-50)59-49)40-56-44(51)37-35-33-31-29-27-25-16-14-12-10-8-6-4-2/h18-19,21-22,24-27,30,32,42-43,46-50,53-55H,3-17,20,23,28-29,31,33-41H2,1-2H3/b19-18+,22-21+,26-24+,27-25+,32-30+/t42-,43-,46+,47?,48?,49-/m1/s1. The zero-order chi connectivity index (χ0) is 43.0. The molecule has 0 spiro atoms. The van der Waals surface area contributed by atoms with Crippen molar-refractivity contribution >= 4 is 11.9 Å². The van der Waals surface area contributed by atoms with Crippen molar-refractivity contribution in [2.45, 2.75) is 218 Å². The van der Waals surface area contributed by atoms with Crippen molar-refractivity contribution in [3.63, 3.8) is 0 Å². The predicted molar refractivity (Wildman–Crippen MR) is 238 cm³/mol. The topological polar surface area (TPSA) is 152 Å². The average Bonchev–Trinajstić information content (AvgIpc) is 3.23. The quantitative estimate of drug-likeness (QED) is 0.0269. The van der Waals surface area contributed by atoms with Crippen LogP contribution in [0.15, 0.2) is 60.8 Å². The van der Waals surface area contributed by atoms with Gasteiger partial charge in [-0.05, 0) is 77.0 Å². The number of unbranched alkanes of at least 4 members (excludes halogenated alkanes) is 17. The molecular weight excluding hydrogens is 749 g/mol. The highest BCUT2D eigenvalue weighted by atomic mass is 16.7. The highest BCUT2D eigenvalue weighted by Crippen LogP contribution is 2.22. The Balaban J connectivity index is 2.37. The number of aliphatic hydroxyl groups is 4. The van der Waals surface area contributed by atoms with Gasteiger partial charge in [0.25, 0.3) is 0 Å². The first kappa shape index (κ1) is 54.4. The van der Waals surface area contributed by atoms with Crippen LogP contribution in [0, 0.1) is 0 Å². The Hall–Kier alpha value is -2.60. The summed E-state index contributed by atoms with van der Waals surface area (Å²) in [6.45, 7) is 3.34. The smallest absolute Gasteiger partial charge is 0.306 e. The Morgan fingerprint density at radius 1 is 0.525 bits per heavy atom. The van der Waals surface area contributed by atoms with Gasteiger partial charge in [0.05, 0.1) is 13.2 Å². The van der Waals surface area contributed by atoms with Gasteiger partial charge in [0.2, 0.25) is 0 Å². The van der Waals surface area contributed by atoms with E-state index in [0.29, 0.717) is 19.3 Å². The lowest BCUT2D eigenvalue weighted by molar-refractivity contribution is -0.305. The summed E-state index contributed by atoms with van der Waals surface area (Å²) in [5, 5.41) is 40.1. The van der Waals surface area contributed by atoms with Gasteiger partial charge in [-0.2, -0.15) is 0 Å². The molecule has 0 radical (unpaired) electrons. The maximum Gasteiger partial charge on any atom is 0.306 e. The minimum absolute atomic E-state index is 0.149. The van der Waals surface area contributed by atoms with Gasteiger partial charge in [-0.25, -0.2) is 0 Å². The van der Waals surface area contributed by atoms with Gasteiger partial charge in [-0.1, -0.05) is 152 Å². The third-order valence-corrected chi connectivity index (χ3v) is 10.4. The van der Waals surface area contributed by atoms with Crippen molar-refractivity contribution < 1.29 is 49.0 Å². The van der Waals surface area contributed by atoms with Crippen LogP contribution in [0.25, 0.3) is 0 Å². The van der Waals surface area contributed by atoms with Gasteiger partial charge in [0, 0.05) is 12.8 Å². The van der Waals surface area contributed by atoms with Crippen LogP contribution in [0.5, 0.6) is 0 Å². The fraction of sp³-hybridized carbons (Fsp3) is 0.755. The van der Waals surface area contributed by atoms with E-state index in [-0.39, 0.29) is 26.1 Å². The number of hydrogen-bond donors (Lipinski definition) is 4. The molecule has 0 bridgehead atoms. The Morgan fingerprint density at radius 3 is 1.49 bits per heavy atom.